The predicted molar refractivity (Wildman–Crippen MR) is 237 cm³/mol. The smallest absolute Gasteiger partial charge is 0.306 e. The molecule has 0 radical (unpaired) electrons. The summed E-state index contributed by atoms with van der Waals surface area (Å²) in [7, 11) is 0. The number of rotatable bonds is 36. The summed E-state index contributed by atoms with van der Waals surface area (Å²) in [6.45, 7) is 3.20. The van der Waals surface area contributed by atoms with Crippen LogP contribution >= 0.6 is 0 Å². The van der Waals surface area contributed by atoms with Crippen molar-refractivity contribution in [1.82, 2.24) is 0 Å². The Bertz CT molecular complexity index is 1230. The second-order valence-corrected chi connectivity index (χ2v) is 15.1. The van der Waals surface area contributed by atoms with E-state index in [9.17, 15) is 30.0 Å². The predicted octanol–water partition coefficient (Wildman–Crippen LogP) is 9.77. The number of carbonyl (C=O) groups is 2. The van der Waals surface area contributed by atoms with Gasteiger partial charge in [-0.25, -0.2) is 0 Å². The molecule has 1 rings (SSSR count). The molecular formula is C49H80O10. The van der Waals surface area contributed by atoms with Crippen LogP contribution in [0.25, 0.3) is 0 Å². The van der Waals surface area contributed by atoms with Crippen LogP contribution in [-0.2, 0) is 28.5 Å². The summed E-state index contributed by atoms with van der Waals surface area (Å²) in [5, 5.41) is 40.1. The van der Waals surface area contributed by atoms with E-state index >= 15 is 0 Å². The minimum absolute atomic E-state index is 0.145. The van der Waals surface area contributed by atoms with Gasteiger partial charge in [0, 0.05) is 12.8 Å². The Balaban J connectivity index is 2.39. The zero-order chi connectivity index (χ0) is 43.0. The third-order valence-corrected chi connectivity index (χ3v) is 9.78. The van der Waals surface area contributed by atoms with Gasteiger partial charge in [-0.3, -0.25) is 9.59 Å². The molecule has 4 N–H and O–H groups in total. The van der Waals surface area contributed by atoms with E-state index < -0.39 is 55.4 Å². The number of aliphatic hydroxyl groups excluding tert-OH is 4. The van der Waals surface area contributed by atoms with Crippen molar-refractivity contribution >= 4 is 11.9 Å². The Labute approximate surface area is 356 Å². The molecule has 0 aliphatic carbocycles. The zero-order valence-electron chi connectivity index (χ0n) is 36.5. The minimum Gasteiger partial charge on any atom is -0.462 e. The van der Waals surface area contributed by atoms with Crippen molar-refractivity contribution in [3.05, 3.63) is 85.1 Å². The van der Waals surface area contributed by atoms with Crippen molar-refractivity contribution < 1.29 is 49.0 Å². The van der Waals surface area contributed by atoms with Gasteiger partial charge in [-0.1, -0.05) is 150 Å². The van der Waals surface area contributed by atoms with Gasteiger partial charge in [0.25, 0.3) is 0 Å². The molecule has 0 aromatic heterocycles. The van der Waals surface area contributed by atoms with Crippen molar-refractivity contribution in [2.75, 3.05) is 19.8 Å². The summed E-state index contributed by atoms with van der Waals surface area (Å²) < 4.78 is 22.1. The number of unbranched alkanes of at least 4 members (excludes halogenated alkanes) is 11. The van der Waals surface area contributed by atoms with Gasteiger partial charge in [0.1, 0.15) is 31.0 Å². The molecule has 1 aliphatic heterocycles. The third-order valence-electron chi connectivity index (χ3n) is 9.78. The second kappa shape index (κ2) is 39.0. The summed E-state index contributed by atoms with van der Waals surface area (Å²) >= 11 is 0. The second-order valence-electron chi connectivity index (χ2n) is 15.1. The first-order valence-corrected chi connectivity index (χ1v) is 22.7. The highest BCUT2D eigenvalue weighted by atomic mass is 16.7. The SMILES string of the molecule is CC/C=C/C/C=C/C/C=C/C/C=C/C/C=C/C/C=C/CCC(=O)OC[C@@H](CO[C@H]1O[C@@H](CO)[C@@H](O)C(O)C1O)OC(=O)CCCCCCCCC/C=C/CCCCCC. The van der Waals surface area contributed by atoms with Crippen molar-refractivity contribution in [1.29, 1.82) is 0 Å². The number of esters is 2. The van der Waals surface area contributed by atoms with Crippen molar-refractivity contribution in [3.63, 3.8) is 0 Å². The van der Waals surface area contributed by atoms with E-state index in [0.29, 0.717) is 12.8 Å². The first kappa shape index (κ1) is 53.9. The Morgan fingerprint density at radius 3 is 1.58 bits per heavy atom. The Morgan fingerprint density at radius 2 is 1.03 bits per heavy atom. The van der Waals surface area contributed by atoms with E-state index in [0.717, 1.165) is 64.2 Å². The van der Waals surface area contributed by atoms with E-state index in [-0.39, 0.29) is 26.1 Å². The molecule has 1 saturated heterocycles. The molecule has 1 heterocycles. The largest absolute Gasteiger partial charge is 0.462 e. The van der Waals surface area contributed by atoms with Gasteiger partial charge in [-0.15, -0.1) is 0 Å². The Hall–Kier alpha value is -3.12. The van der Waals surface area contributed by atoms with Crippen LogP contribution in [0.4, 0.5) is 0 Å². The van der Waals surface area contributed by atoms with Crippen LogP contribution in [0.1, 0.15) is 155 Å². The standard InChI is InChI=1S/C49H80O10/c1-3-5-7-9-11-13-15-17-19-20-21-22-24-25-27-29-31-33-35-37-44(51)56-40-42(41-57-49-48(55)47(54)46(53)43(39-50)59-49)58-45(52)38-36-34-32-30-28-26-23-18-16-14-12-10-8-6-4-2/h5,7,11,13-14,16-17,19,21-22,25,27,31,33,42-43,46-50,53-55H,3-4,6,8-10,12,15,18,20,23-24,26,28-30,32,34-41H2,1-2H3/b7-5+,13-11+,16-14+,19-17+,22-21+,27-25+,33-31+/t42-,43-,46+,47?,48?,49-/m0/s1. The fourth-order valence-electron chi connectivity index (χ4n) is 6.21. The van der Waals surface area contributed by atoms with Crippen LogP contribution in [0.2, 0.25) is 0 Å². The zero-order valence-corrected chi connectivity index (χ0v) is 36.5. The van der Waals surface area contributed by atoms with E-state index in [4.69, 9.17) is 18.9 Å². The fourth-order valence-corrected chi connectivity index (χ4v) is 6.21. The van der Waals surface area contributed by atoms with Crippen molar-refractivity contribution in [2.45, 2.75) is 192 Å². The van der Waals surface area contributed by atoms with Gasteiger partial charge < -0.3 is 39.4 Å². The van der Waals surface area contributed by atoms with Gasteiger partial charge in [0.15, 0.2) is 12.4 Å². The van der Waals surface area contributed by atoms with Crippen LogP contribution in [0.5, 0.6) is 0 Å². The van der Waals surface area contributed by atoms with Gasteiger partial charge in [-0.2, -0.15) is 0 Å². The molecule has 2 unspecified atom stereocenters. The highest BCUT2D eigenvalue weighted by molar-refractivity contribution is 5.70. The summed E-state index contributed by atoms with van der Waals surface area (Å²) in [6, 6.07) is 0. The van der Waals surface area contributed by atoms with Crippen LogP contribution in [0.3, 0.4) is 0 Å². The Kier molecular flexibility index (Phi) is 35.7. The molecule has 336 valence electrons. The van der Waals surface area contributed by atoms with Gasteiger partial charge in [-0.05, 0) is 77.0 Å². The monoisotopic (exact) mass is 829 g/mol. The van der Waals surface area contributed by atoms with Crippen LogP contribution in [0.15, 0.2) is 85.1 Å². The van der Waals surface area contributed by atoms with E-state index in [1.165, 1.54) is 51.4 Å². The lowest BCUT2D eigenvalue weighted by Gasteiger charge is -2.39. The molecule has 6 atom stereocenters. The molecule has 10 heteroatoms. The molecule has 0 aromatic rings. The summed E-state index contributed by atoms with van der Waals surface area (Å²) in [4.78, 5) is 25.3. The maximum atomic E-state index is 12.8. The molecule has 0 amide bonds. The maximum absolute atomic E-state index is 12.8. The Morgan fingerprint density at radius 1 is 0.542 bits per heavy atom. The molecule has 0 bridgehead atoms. The quantitative estimate of drug-likeness (QED) is 0.0273. The molecule has 0 aromatic carbocycles. The van der Waals surface area contributed by atoms with Crippen LogP contribution < -0.4 is 0 Å². The first-order valence-electron chi connectivity index (χ1n) is 22.7. The highest BCUT2D eigenvalue weighted by Crippen LogP contribution is 2.22. The van der Waals surface area contributed by atoms with Crippen LogP contribution in [0, 0.1) is 0 Å². The topological polar surface area (TPSA) is 152 Å². The highest BCUT2D eigenvalue weighted by Gasteiger charge is 2.44. The number of ether oxygens (including phenoxy) is 4. The number of allylic oxidation sites excluding steroid dienone is 14. The fraction of sp³-hybridized carbons (Fsp3) is 0.673. The lowest BCUT2D eigenvalue weighted by Crippen LogP contribution is -2.59. The van der Waals surface area contributed by atoms with Crippen molar-refractivity contribution in [2.24, 2.45) is 0 Å². The summed E-state index contributed by atoms with van der Waals surface area (Å²) in [5.41, 5.74) is 0. The molecule has 1 aliphatic rings. The van der Waals surface area contributed by atoms with Gasteiger partial charge in [0.2, 0.25) is 0 Å². The lowest BCUT2D eigenvalue weighted by atomic mass is 9.99. The molecule has 1 fully saturated rings. The first-order chi connectivity index (χ1) is 28.8. The number of hydrogen-bond acceptors (Lipinski definition) is 10. The van der Waals surface area contributed by atoms with Crippen molar-refractivity contribution in [3.8, 4) is 0 Å². The molecular weight excluding hydrogens is 749 g/mol. The molecule has 0 saturated carbocycles. The number of hydrogen-bond donors (Lipinski definition) is 4. The summed E-state index contributed by atoms with van der Waals surface area (Å²) in [5.74, 6) is -0.917. The average molecular weight is 829 g/mol. The number of carbonyl (C=O) groups excluding carboxylic acids is 2. The number of aliphatic hydroxyl groups is 4. The molecule has 10 nitrogen and oxygen atoms in total. The average Bonchev–Trinajstić information content (AvgIpc) is 3.23. The van der Waals surface area contributed by atoms with Crippen LogP contribution in [-0.4, -0.2) is 89.0 Å². The van der Waals surface area contributed by atoms with E-state index in [2.05, 4.69) is 86.8 Å². The summed E-state index contributed by atoms with van der Waals surface area (Å²) in [6.07, 6.45) is 43.1. The lowest BCUT2D eigenvalue weighted by molar-refractivity contribution is -0.305. The minimum atomic E-state index is -1.61. The molecule has 0 spiro atoms. The maximum Gasteiger partial charge on any atom is 0.306 e. The molecule has 59 heavy (non-hydrogen) atoms. The van der Waals surface area contributed by atoms with Gasteiger partial charge in [0.05, 0.1) is 13.2 Å². The third kappa shape index (κ3) is 30.5. The van der Waals surface area contributed by atoms with E-state index in [1.54, 1.807) is 0 Å². The van der Waals surface area contributed by atoms with E-state index in [1.807, 2.05) is 12.2 Å². The normalized spacial score (nSPS) is 20.8. The van der Waals surface area contributed by atoms with Gasteiger partial charge >= 0.3 is 11.9 Å².